The lowest BCUT2D eigenvalue weighted by molar-refractivity contribution is 1.22. The second-order valence-electron chi connectivity index (χ2n) is 4.47. The average Bonchev–Trinajstić information content (AvgIpc) is 2.55. The minimum absolute atomic E-state index is 0.359. The number of aryl methyl sites for hydroxylation is 2. The van der Waals surface area contributed by atoms with Crippen molar-refractivity contribution in [3.63, 3.8) is 0 Å². The van der Waals surface area contributed by atoms with Crippen molar-refractivity contribution < 1.29 is 0 Å². The average molecular weight is 273 g/mol. The van der Waals surface area contributed by atoms with Gasteiger partial charge in [0.15, 0.2) is 0 Å². The lowest BCUT2D eigenvalue weighted by atomic mass is 10.00. The summed E-state index contributed by atoms with van der Waals surface area (Å²) in [5, 5.41) is 0. The van der Waals surface area contributed by atoms with Crippen molar-refractivity contribution in [2.24, 2.45) is 0 Å². The summed E-state index contributed by atoms with van der Waals surface area (Å²) in [5.74, 6) is 0. The van der Waals surface area contributed by atoms with Crippen LogP contribution in [0.4, 0.5) is 0 Å². The van der Waals surface area contributed by atoms with Crippen molar-refractivity contribution in [3.8, 4) is 11.1 Å². The van der Waals surface area contributed by atoms with Crippen LogP contribution in [0.25, 0.3) is 11.1 Å². The number of fused-ring (bicyclic) bond motifs is 3. The molecule has 0 saturated carbocycles. The van der Waals surface area contributed by atoms with Gasteiger partial charge in [-0.05, 0) is 47.2 Å². The molecular formula is C15H13Br. The normalized spacial score (nSPS) is 17.1. The van der Waals surface area contributed by atoms with Crippen molar-refractivity contribution >= 4 is 15.9 Å². The second-order valence-corrected chi connectivity index (χ2v) is 5.39. The van der Waals surface area contributed by atoms with Gasteiger partial charge in [-0.2, -0.15) is 0 Å². The Morgan fingerprint density at radius 2 is 1.56 bits per heavy atom. The van der Waals surface area contributed by atoms with E-state index in [1.54, 1.807) is 0 Å². The van der Waals surface area contributed by atoms with Gasteiger partial charge >= 0.3 is 0 Å². The van der Waals surface area contributed by atoms with Crippen molar-refractivity contribution in [2.75, 3.05) is 0 Å². The Kier molecular flexibility index (Phi) is 2.18. The predicted molar refractivity (Wildman–Crippen MR) is 72.1 cm³/mol. The molecule has 0 N–H and O–H groups in total. The number of alkyl halides is 1. The molecule has 2 aromatic carbocycles. The largest absolute Gasteiger partial charge is 0.0786 e. The maximum Gasteiger partial charge on any atom is 0.0656 e. The number of rotatable bonds is 0. The predicted octanol–water partition coefficient (Wildman–Crippen LogP) is 4.77. The van der Waals surface area contributed by atoms with Crippen LogP contribution < -0.4 is 0 Å². The molecule has 0 aliphatic heterocycles. The molecule has 0 nitrogen and oxygen atoms in total. The maximum absolute atomic E-state index is 3.79. The van der Waals surface area contributed by atoms with Crippen molar-refractivity contribution in [2.45, 2.75) is 18.7 Å². The fraction of sp³-hybridized carbons (Fsp3) is 0.200. The summed E-state index contributed by atoms with van der Waals surface area (Å²) in [5.41, 5.74) is 8.31. The molecule has 0 saturated heterocycles. The van der Waals surface area contributed by atoms with Gasteiger partial charge in [-0.3, -0.25) is 0 Å². The van der Waals surface area contributed by atoms with Gasteiger partial charge in [0, 0.05) is 0 Å². The van der Waals surface area contributed by atoms with Crippen LogP contribution in [0.15, 0.2) is 36.4 Å². The van der Waals surface area contributed by atoms with Crippen molar-refractivity contribution in [1.29, 1.82) is 0 Å². The Morgan fingerprint density at radius 1 is 0.875 bits per heavy atom. The van der Waals surface area contributed by atoms with Crippen LogP contribution in [0, 0.1) is 13.8 Å². The molecule has 0 bridgehead atoms. The number of hydrogen-bond acceptors (Lipinski definition) is 0. The Balaban J connectivity index is 2.34. The van der Waals surface area contributed by atoms with E-state index in [0.717, 1.165) is 0 Å². The van der Waals surface area contributed by atoms with Crippen LogP contribution in [0.1, 0.15) is 27.1 Å². The van der Waals surface area contributed by atoms with Crippen LogP contribution in [-0.2, 0) is 0 Å². The van der Waals surface area contributed by atoms with Gasteiger partial charge in [-0.15, -0.1) is 0 Å². The van der Waals surface area contributed by atoms with Gasteiger partial charge in [-0.25, -0.2) is 0 Å². The van der Waals surface area contributed by atoms with Gasteiger partial charge in [-0.1, -0.05) is 52.3 Å². The Morgan fingerprint density at radius 3 is 2.38 bits per heavy atom. The van der Waals surface area contributed by atoms with Gasteiger partial charge < -0.3 is 0 Å². The topological polar surface area (TPSA) is 0 Å². The molecule has 2 aromatic rings. The quantitative estimate of drug-likeness (QED) is 0.606. The zero-order chi connectivity index (χ0) is 11.3. The number of benzene rings is 2. The highest BCUT2D eigenvalue weighted by Crippen LogP contribution is 2.48. The summed E-state index contributed by atoms with van der Waals surface area (Å²) in [6, 6.07) is 13.3. The smallest absolute Gasteiger partial charge is 0.0656 e. The standard InChI is InChI=1S/C15H13Br/c1-9-7-13-11-5-3-4-6-12(11)15(16)14(13)8-10(9)2/h3-8,15H,1-2H3. The fourth-order valence-corrected chi connectivity index (χ4v) is 3.19. The highest BCUT2D eigenvalue weighted by atomic mass is 79.9. The molecule has 0 fully saturated rings. The first kappa shape index (κ1) is 10.1. The van der Waals surface area contributed by atoms with E-state index in [-0.39, 0.29) is 0 Å². The highest BCUT2D eigenvalue weighted by Gasteiger charge is 2.26. The summed E-state index contributed by atoms with van der Waals surface area (Å²) in [6.07, 6.45) is 0. The van der Waals surface area contributed by atoms with E-state index in [0.29, 0.717) is 4.83 Å². The van der Waals surface area contributed by atoms with Crippen LogP contribution >= 0.6 is 15.9 Å². The lowest BCUT2D eigenvalue weighted by Gasteiger charge is -2.07. The summed E-state index contributed by atoms with van der Waals surface area (Å²) in [6.45, 7) is 4.36. The molecule has 1 atom stereocenters. The Hall–Kier alpha value is -1.08. The van der Waals surface area contributed by atoms with Crippen molar-refractivity contribution in [1.82, 2.24) is 0 Å². The molecule has 80 valence electrons. The molecule has 1 unspecified atom stereocenters. The summed E-state index contributed by atoms with van der Waals surface area (Å²) < 4.78 is 0. The molecule has 3 rings (SSSR count). The van der Waals surface area contributed by atoms with E-state index in [9.17, 15) is 0 Å². The van der Waals surface area contributed by atoms with E-state index in [4.69, 9.17) is 0 Å². The molecule has 1 heteroatoms. The Labute approximate surface area is 104 Å². The Bertz CT molecular complexity index is 570. The molecule has 1 aliphatic rings. The minimum atomic E-state index is 0.359. The van der Waals surface area contributed by atoms with E-state index < -0.39 is 0 Å². The summed E-state index contributed by atoms with van der Waals surface area (Å²) in [7, 11) is 0. The highest BCUT2D eigenvalue weighted by molar-refractivity contribution is 9.09. The minimum Gasteiger partial charge on any atom is -0.0786 e. The SMILES string of the molecule is Cc1cc2c(cc1C)C(Br)c1ccccc1-2. The molecule has 1 aliphatic carbocycles. The van der Waals surface area contributed by atoms with Crippen LogP contribution in [-0.4, -0.2) is 0 Å². The van der Waals surface area contributed by atoms with E-state index in [1.165, 1.54) is 33.4 Å². The third-order valence-electron chi connectivity index (χ3n) is 3.46. The van der Waals surface area contributed by atoms with Crippen LogP contribution in [0.3, 0.4) is 0 Å². The molecular weight excluding hydrogens is 260 g/mol. The third-order valence-corrected chi connectivity index (χ3v) is 4.45. The monoisotopic (exact) mass is 272 g/mol. The fourth-order valence-electron chi connectivity index (χ4n) is 2.41. The summed E-state index contributed by atoms with van der Waals surface area (Å²) in [4.78, 5) is 0.359. The van der Waals surface area contributed by atoms with E-state index >= 15 is 0 Å². The summed E-state index contributed by atoms with van der Waals surface area (Å²) >= 11 is 3.79. The van der Waals surface area contributed by atoms with Gasteiger partial charge in [0.25, 0.3) is 0 Å². The zero-order valence-corrected chi connectivity index (χ0v) is 11.0. The third kappa shape index (κ3) is 1.28. The zero-order valence-electron chi connectivity index (χ0n) is 9.42. The van der Waals surface area contributed by atoms with Crippen LogP contribution in [0.2, 0.25) is 0 Å². The first-order valence-corrected chi connectivity index (χ1v) is 6.44. The molecule has 0 amide bonds. The first-order valence-electron chi connectivity index (χ1n) is 5.53. The first-order chi connectivity index (χ1) is 7.68. The number of hydrogen-bond donors (Lipinski definition) is 0. The van der Waals surface area contributed by atoms with Gasteiger partial charge in [0.1, 0.15) is 0 Å². The molecule has 0 spiro atoms. The molecule has 0 aromatic heterocycles. The van der Waals surface area contributed by atoms with Crippen molar-refractivity contribution in [3.05, 3.63) is 58.7 Å². The van der Waals surface area contributed by atoms with Gasteiger partial charge in [0.05, 0.1) is 4.83 Å². The van der Waals surface area contributed by atoms with Gasteiger partial charge in [0.2, 0.25) is 0 Å². The molecule has 16 heavy (non-hydrogen) atoms. The molecule has 0 radical (unpaired) electrons. The molecule has 0 heterocycles. The van der Waals surface area contributed by atoms with E-state index in [1.807, 2.05) is 0 Å². The van der Waals surface area contributed by atoms with Crippen LogP contribution in [0.5, 0.6) is 0 Å². The maximum atomic E-state index is 3.79. The lowest BCUT2D eigenvalue weighted by Crippen LogP contribution is -1.88. The second kappa shape index (κ2) is 3.46. The van der Waals surface area contributed by atoms with E-state index in [2.05, 4.69) is 66.2 Å². The number of halogens is 1.